The number of nitrogens with one attached hydrogen (secondary N) is 1. The number of carbonyl (C=O) groups excluding carboxylic acids is 1. The van der Waals surface area contributed by atoms with Gasteiger partial charge in [0.2, 0.25) is 0 Å². The van der Waals surface area contributed by atoms with E-state index >= 15 is 0 Å². The number of amidine groups is 1. The molecule has 1 saturated carbocycles. The van der Waals surface area contributed by atoms with Crippen molar-refractivity contribution in [3.8, 4) is 0 Å². The Labute approximate surface area is 218 Å². The largest absolute Gasteiger partial charge is 0.471 e. The summed E-state index contributed by atoms with van der Waals surface area (Å²) in [6, 6.07) is 4.37. The van der Waals surface area contributed by atoms with E-state index in [0.29, 0.717) is 41.5 Å². The number of nitrogens with zero attached hydrogens (tertiary/aromatic N) is 4. The van der Waals surface area contributed by atoms with Gasteiger partial charge in [-0.05, 0) is 30.0 Å². The number of benzene rings is 1. The summed E-state index contributed by atoms with van der Waals surface area (Å²) in [4.78, 5) is 25.6. The van der Waals surface area contributed by atoms with Crippen LogP contribution in [0, 0.1) is 5.92 Å². The van der Waals surface area contributed by atoms with Crippen molar-refractivity contribution in [1.29, 1.82) is 0 Å². The van der Waals surface area contributed by atoms with Crippen molar-refractivity contribution in [2.24, 2.45) is 10.9 Å². The number of alkyl halides is 3. The fraction of sp³-hybridized carbons (Fsp3) is 0.500. The Morgan fingerprint density at radius 3 is 2.49 bits per heavy atom. The number of rotatable bonds is 8. The second-order valence-corrected chi connectivity index (χ2v) is 11.8. The number of sulfone groups is 1. The minimum Gasteiger partial charge on any atom is -0.367 e. The first-order valence-electron chi connectivity index (χ1n) is 11.9. The zero-order chi connectivity index (χ0) is 26.8. The van der Waals surface area contributed by atoms with Gasteiger partial charge in [0, 0.05) is 25.3 Å². The maximum absolute atomic E-state index is 13.7. The lowest BCUT2D eigenvalue weighted by Crippen LogP contribution is -2.44. The Kier molecular flexibility index (Phi) is 8.08. The van der Waals surface area contributed by atoms with Crippen molar-refractivity contribution >= 4 is 39.0 Å². The van der Waals surface area contributed by atoms with Gasteiger partial charge < -0.3 is 5.32 Å². The van der Waals surface area contributed by atoms with Gasteiger partial charge in [-0.2, -0.15) is 13.2 Å². The number of hydrogen-bond donors (Lipinski definition) is 1. The molecule has 37 heavy (non-hydrogen) atoms. The van der Waals surface area contributed by atoms with Crippen LogP contribution in [0.4, 0.5) is 19.0 Å². The van der Waals surface area contributed by atoms with Crippen LogP contribution in [0.3, 0.4) is 0 Å². The van der Waals surface area contributed by atoms with Gasteiger partial charge in [0.25, 0.3) is 0 Å². The lowest BCUT2D eigenvalue weighted by atomic mass is 9.87. The van der Waals surface area contributed by atoms with Gasteiger partial charge in [0.05, 0.1) is 28.9 Å². The highest BCUT2D eigenvalue weighted by atomic mass is 35.5. The molecule has 2 heterocycles. The van der Waals surface area contributed by atoms with E-state index in [2.05, 4.69) is 20.3 Å². The second-order valence-electron chi connectivity index (χ2n) is 9.38. The number of aliphatic imine (C=N–C) groups is 1. The zero-order valence-corrected chi connectivity index (χ0v) is 21.7. The summed E-state index contributed by atoms with van der Waals surface area (Å²) in [6.07, 6.45) is 2.76. The SMILES string of the molecule is CS(=O)(=O)c1ccc([C@@H](CC2CCCC2)CN(C(=O)C(F)(F)F)c2cnc(C3=NCCN3)cn2)cc1Cl. The fourth-order valence-electron chi connectivity index (χ4n) is 4.84. The van der Waals surface area contributed by atoms with Gasteiger partial charge >= 0.3 is 12.1 Å². The van der Waals surface area contributed by atoms with E-state index in [1.807, 2.05) is 0 Å². The van der Waals surface area contributed by atoms with Crippen LogP contribution in [-0.4, -0.2) is 62.2 Å². The van der Waals surface area contributed by atoms with Crippen molar-refractivity contribution in [2.45, 2.75) is 49.1 Å². The highest BCUT2D eigenvalue weighted by molar-refractivity contribution is 7.90. The summed E-state index contributed by atoms with van der Waals surface area (Å²) in [7, 11) is -3.59. The van der Waals surface area contributed by atoms with Crippen molar-refractivity contribution in [2.75, 3.05) is 30.8 Å². The maximum atomic E-state index is 13.7. The van der Waals surface area contributed by atoms with E-state index in [1.165, 1.54) is 18.3 Å². The summed E-state index contributed by atoms with van der Waals surface area (Å²) in [5, 5.41) is 3.00. The highest BCUT2D eigenvalue weighted by Crippen LogP contribution is 2.37. The average molecular weight is 558 g/mol. The molecule has 1 N–H and O–H groups in total. The predicted molar refractivity (Wildman–Crippen MR) is 134 cm³/mol. The van der Waals surface area contributed by atoms with Gasteiger partial charge in [-0.3, -0.25) is 14.7 Å². The van der Waals surface area contributed by atoms with E-state index in [-0.39, 0.29) is 28.2 Å². The number of anilines is 1. The first-order valence-corrected chi connectivity index (χ1v) is 14.2. The van der Waals surface area contributed by atoms with Crippen LogP contribution in [0.25, 0.3) is 0 Å². The minimum absolute atomic E-state index is 0.0147. The molecular weight excluding hydrogens is 531 g/mol. The van der Waals surface area contributed by atoms with Crippen LogP contribution in [0.5, 0.6) is 0 Å². The van der Waals surface area contributed by atoms with Crippen LogP contribution >= 0.6 is 11.6 Å². The smallest absolute Gasteiger partial charge is 0.367 e. The van der Waals surface area contributed by atoms with E-state index < -0.39 is 27.8 Å². The molecular formula is C24H27ClF3N5O3S. The molecule has 0 saturated heterocycles. The molecule has 4 rings (SSSR count). The van der Waals surface area contributed by atoms with E-state index in [4.69, 9.17) is 11.6 Å². The van der Waals surface area contributed by atoms with E-state index in [0.717, 1.165) is 38.1 Å². The van der Waals surface area contributed by atoms with Crippen molar-refractivity contribution in [3.05, 3.63) is 46.9 Å². The van der Waals surface area contributed by atoms with Crippen molar-refractivity contribution in [3.63, 3.8) is 0 Å². The van der Waals surface area contributed by atoms with E-state index in [9.17, 15) is 26.4 Å². The molecule has 0 spiro atoms. The van der Waals surface area contributed by atoms with Gasteiger partial charge in [-0.1, -0.05) is 43.4 Å². The molecule has 0 unspecified atom stereocenters. The van der Waals surface area contributed by atoms with Crippen LogP contribution in [0.1, 0.15) is 49.3 Å². The Bertz CT molecular complexity index is 1280. The molecule has 1 aromatic carbocycles. The third-order valence-corrected chi connectivity index (χ3v) is 8.22. The van der Waals surface area contributed by atoms with Crippen LogP contribution in [0.2, 0.25) is 5.02 Å². The molecule has 1 atom stereocenters. The standard InChI is InChI=1S/C24H27ClF3N5O3S/c1-37(35,36)20-7-6-16(11-18(20)25)17(10-15-4-2-3-5-15)14-33(23(34)24(26,27)28)21-13-31-19(12-32-21)22-29-8-9-30-22/h6-7,11-13,15,17H,2-5,8-10,14H2,1H3,(H,29,30)/t17-/m0/s1. The molecule has 200 valence electrons. The summed E-state index contributed by atoms with van der Waals surface area (Å²) < 4.78 is 65.0. The first kappa shape index (κ1) is 27.3. The summed E-state index contributed by atoms with van der Waals surface area (Å²) in [5.74, 6) is -2.07. The summed E-state index contributed by atoms with van der Waals surface area (Å²) in [6.45, 7) is 0.860. The van der Waals surface area contributed by atoms with Crippen LogP contribution < -0.4 is 10.2 Å². The minimum atomic E-state index is -5.13. The Balaban J connectivity index is 1.69. The van der Waals surface area contributed by atoms with Crippen LogP contribution in [-0.2, 0) is 14.6 Å². The number of amides is 1. The third-order valence-electron chi connectivity index (χ3n) is 6.64. The van der Waals surface area contributed by atoms with Gasteiger partial charge in [0.15, 0.2) is 15.7 Å². The second kappa shape index (κ2) is 10.9. The predicted octanol–water partition coefficient (Wildman–Crippen LogP) is 4.14. The zero-order valence-electron chi connectivity index (χ0n) is 20.1. The molecule has 2 aromatic rings. The third kappa shape index (κ3) is 6.59. The van der Waals surface area contributed by atoms with Gasteiger partial charge in [0.1, 0.15) is 11.5 Å². The van der Waals surface area contributed by atoms with Crippen LogP contribution in [0.15, 0.2) is 40.5 Å². The Morgan fingerprint density at radius 2 is 1.95 bits per heavy atom. The molecule has 0 bridgehead atoms. The molecule has 2 aliphatic rings. The fourth-order valence-corrected chi connectivity index (χ4v) is 6.18. The molecule has 1 aliphatic heterocycles. The number of halogens is 4. The maximum Gasteiger partial charge on any atom is 0.471 e. The normalized spacial score (nSPS) is 17.4. The first-order chi connectivity index (χ1) is 17.4. The highest BCUT2D eigenvalue weighted by Gasteiger charge is 2.44. The number of carbonyl (C=O) groups is 1. The molecule has 1 aliphatic carbocycles. The number of aromatic nitrogens is 2. The quantitative estimate of drug-likeness (QED) is 0.523. The summed E-state index contributed by atoms with van der Waals surface area (Å²) in [5.41, 5.74) is 0.921. The lowest BCUT2D eigenvalue weighted by molar-refractivity contribution is -0.170. The Hall–Kier alpha value is -2.73. The molecule has 1 fully saturated rings. The Morgan fingerprint density at radius 1 is 1.22 bits per heavy atom. The van der Waals surface area contributed by atoms with Gasteiger partial charge in [-0.25, -0.2) is 18.4 Å². The molecule has 0 radical (unpaired) electrons. The molecule has 13 heteroatoms. The topological polar surface area (TPSA) is 105 Å². The van der Waals surface area contributed by atoms with Crippen molar-refractivity contribution in [1.82, 2.24) is 15.3 Å². The van der Waals surface area contributed by atoms with Crippen molar-refractivity contribution < 1.29 is 26.4 Å². The van der Waals surface area contributed by atoms with E-state index in [1.54, 1.807) is 6.07 Å². The average Bonchev–Trinajstić information content (AvgIpc) is 3.54. The summed E-state index contributed by atoms with van der Waals surface area (Å²) >= 11 is 6.26. The molecule has 1 aromatic heterocycles. The molecule has 8 nitrogen and oxygen atoms in total. The van der Waals surface area contributed by atoms with Gasteiger partial charge in [-0.15, -0.1) is 0 Å². The monoisotopic (exact) mass is 557 g/mol. The lowest BCUT2D eigenvalue weighted by Gasteiger charge is -2.29. The molecule has 1 amide bonds. The number of hydrogen-bond acceptors (Lipinski definition) is 7.